The van der Waals surface area contributed by atoms with Crippen LogP contribution in [0.5, 0.6) is 0 Å². The van der Waals surface area contributed by atoms with Crippen molar-refractivity contribution in [1.29, 1.82) is 0 Å². The number of pyridine rings is 1. The van der Waals surface area contributed by atoms with E-state index >= 15 is 0 Å². The van der Waals surface area contributed by atoms with Crippen LogP contribution in [0.1, 0.15) is 16.7 Å². The number of hydrogen-bond acceptors (Lipinski definition) is 5. The van der Waals surface area contributed by atoms with Crippen LogP contribution in [0, 0.1) is 30.9 Å². The summed E-state index contributed by atoms with van der Waals surface area (Å²) in [5.41, 5.74) is 4.71. The second-order valence-electron chi connectivity index (χ2n) is 6.98. The molecule has 0 fully saturated rings. The number of nitrogens with zero attached hydrogens (tertiary/aromatic N) is 3. The van der Waals surface area contributed by atoms with Gasteiger partial charge in [-0.2, -0.15) is 0 Å². The molecule has 3 rings (SSSR count). The van der Waals surface area contributed by atoms with E-state index < -0.39 is 4.92 Å². The third kappa shape index (κ3) is 4.09. The van der Waals surface area contributed by atoms with Gasteiger partial charge in [0.1, 0.15) is 5.82 Å². The maximum Gasteiger partial charge on any atom is 0.270 e. The molecule has 0 saturated heterocycles. The first-order valence-electron chi connectivity index (χ1n) is 8.88. The molecule has 1 N–H and O–H groups in total. The Balaban J connectivity index is 1.75. The monoisotopic (exact) mass is 378 g/mol. The Morgan fingerprint density at radius 2 is 1.79 bits per heavy atom. The van der Waals surface area contributed by atoms with Crippen LogP contribution in [0.3, 0.4) is 0 Å². The minimum Gasteiger partial charge on any atom is -0.350 e. The molecule has 0 aliphatic carbocycles. The normalized spacial score (nSPS) is 10.7. The van der Waals surface area contributed by atoms with E-state index in [4.69, 9.17) is 0 Å². The lowest BCUT2D eigenvalue weighted by Crippen LogP contribution is -2.31. The summed E-state index contributed by atoms with van der Waals surface area (Å²) in [7, 11) is 1.79. The molecule has 7 heteroatoms. The predicted octanol–water partition coefficient (Wildman–Crippen LogP) is 4.14. The average Bonchev–Trinajstić information content (AvgIpc) is 2.63. The fraction of sp³-hybridized carbons (Fsp3) is 0.238. The number of aromatic nitrogens is 1. The zero-order valence-corrected chi connectivity index (χ0v) is 16.3. The molecular weight excluding hydrogens is 356 g/mol. The van der Waals surface area contributed by atoms with Crippen LogP contribution in [0.25, 0.3) is 10.9 Å². The molecule has 1 amide bonds. The lowest BCUT2D eigenvalue weighted by atomic mass is 10.1. The van der Waals surface area contributed by atoms with E-state index in [2.05, 4.69) is 10.3 Å². The summed E-state index contributed by atoms with van der Waals surface area (Å²) in [6.07, 6.45) is 0. The molecule has 1 aromatic heterocycles. The van der Waals surface area contributed by atoms with Crippen molar-refractivity contribution < 1.29 is 9.72 Å². The number of nitrogens with one attached hydrogen (secondary N) is 1. The summed E-state index contributed by atoms with van der Waals surface area (Å²) < 4.78 is 0. The van der Waals surface area contributed by atoms with E-state index in [1.54, 1.807) is 30.1 Å². The van der Waals surface area contributed by atoms with E-state index in [9.17, 15) is 14.9 Å². The largest absolute Gasteiger partial charge is 0.350 e. The number of benzene rings is 2. The molecule has 0 spiro atoms. The number of fused-ring (bicyclic) bond motifs is 1. The van der Waals surface area contributed by atoms with Gasteiger partial charge < -0.3 is 10.2 Å². The lowest BCUT2D eigenvalue weighted by Gasteiger charge is -2.19. The zero-order chi connectivity index (χ0) is 20.4. The molecule has 0 saturated carbocycles. The fourth-order valence-corrected chi connectivity index (χ4v) is 3.28. The Kier molecular flexibility index (Phi) is 5.26. The van der Waals surface area contributed by atoms with Gasteiger partial charge in [0.25, 0.3) is 5.69 Å². The highest BCUT2D eigenvalue weighted by Gasteiger charge is 2.13. The van der Waals surface area contributed by atoms with Crippen LogP contribution >= 0.6 is 0 Å². The third-order valence-corrected chi connectivity index (χ3v) is 4.58. The van der Waals surface area contributed by atoms with Gasteiger partial charge in [-0.1, -0.05) is 17.7 Å². The Labute approximate surface area is 163 Å². The molecule has 0 aliphatic heterocycles. The quantitative estimate of drug-likeness (QED) is 0.532. The van der Waals surface area contributed by atoms with Crippen molar-refractivity contribution in [3.05, 3.63) is 69.3 Å². The maximum atomic E-state index is 12.5. The first-order chi connectivity index (χ1) is 13.2. The van der Waals surface area contributed by atoms with Crippen molar-refractivity contribution in [2.75, 3.05) is 23.8 Å². The van der Waals surface area contributed by atoms with Crippen LogP contribution in [-0.2, 0) is 4.79 Å². The summed E-state index contributed by atoms with van der Waals surface area (Å²) in [4.78, 5) is 29.2. The zero-order valence-electron chi connectivity index (χ0n) is 16.3. The highest BCUT2D eigenvalue weighted by molar-refractivity contribution is 5.95. The first kappa shape index (κ1) is 19.3. The van der Waals surface area contributed by atoms with Crippen molar-refractivity contribution in [1.82, 2.24) is 4.98 Å². The van der Waals surface area contributed by atoms with Gasteiger partial charge in [-0.3, -0.25) is 14.9 Å². The van der Waals surface area contributed by atoms with E-state index in [1.165, 1.54) is 12.1 Å². The summed E-state index contributed by atoms with van der Waals surface area (Å²) >= 11 is 0. The number of anilines is 2. The van der Waals surface area contributed by atoms with Gasteiger partial charge >= 0.3 is 0 Å². The van der Waals surface area contributed by atoms with E-state index in [1.807, 2.05) is 32.9 Å². The summed E-state index contributed by atoms with van der Waals surface area (Å²) in [6.45, 7) is 6.12. The van der Waals surface area contributed by atoms with Gasteiger partial charge in [-0.05, 0) is 50.1 Å². The molecule has 0 aliphatic rings. The minimum atomic E-state index is -0.432. The van der Waals surface area contributed by atoms with Crippen molar-refractivity contribution in [2.24, 2.45) is 0 Å². The van der Waals surface area contributed by atoms with Crippen LogP contribution in [0.4, 0.5) is 17.2 Å². The highest BCUT2D eigenvalue weighted by Crippen LogP contribution is 2.23. The number of nitro benzene ring substituents is 1. The molecule has 3 aromatic rings. The molecule has 28 heavy (non-hydrogen) atoms. The topological polar surface area (TPSA) is 88.4 Å². The van der Waals surface area contributed by atoms with Crippen molar-refractivity contribution in [2.45, 2.75) is 20.8 Å². The average molecular weight is 378 g/mol. The molecular formula is C21H22N4O3. The molecule has 0 atom stereocenters. The Morgan fingerprint density at radius 3 is 2.43 bits per heavy atom. The van der Waals surface area contributed by atoms with Crippen LogP contribution < -0.4 is 10.2 Å². The number of aryl methyl sites for hydroxylation is 3. The third-order valence-electron chi connectivity index (χ3n) is 4.58. The number of rotatable bonds is 5. The number of non-ortho nitro benzene ring substituents is 1. The van der Waals surface area contributed by atoms with Crippen molar-refractivity contribution in [3.63, 3.8) is 0 Å². The predicted molar refractivity (Wildman–Crippen MR) is 111 cm³/mol. The second kappa shape index (κ2) is 7.64. The number of amides is 1. The molecule has 7 nitrogen and oxygen atoms in total. The van der Waals surface area contributed by atoms with Crippen LogP contribution in [0.15, 0.2) is 42.5 Å². The summed E-state index contributed by atoms with van der Waals surface area (Å²) in [5.74, 6) is 0.483. The minimum absolute atomic E-state index is 0.0265. The first-order valence-corrected chi connectivity index (χ1v) is 8.88. The van der Waals surface area contributed by atoms with Gasteiger partial charge in [0.15, 0.2) is 0 Å². The number of carbonyl (C=O) groups excluding carboxylic acids is 1. The van der Waals surface area contributed by atoms with Crippen LogP contribution in [-0.4, -0.2) is 29.4 Å². The van der Waals surface area contributed by atoms with E-state index in [0.717, 1.165) is 22.4 Å². The Hall–Kier alpha value is -3.48. The summed E-state index contributed by atoms with van der Waals surface area (Å²) in [6, 6.07) is 12.1. The molecule has 0 radical (unpaired) electrons. The maximum absolute atomic E-state index is 12.5. The summed E-state index contributed by atoms with van der Waals surface area (Å²) in [5, 5.41) is 14.6. The number of carbonyl (C=O) groups is 1. The fourth-order valence-electron chi connectivity index (χ4n) is 3.28. The lowest BCUT2D eigenvalue weighted by molar-refractivity contribution is -0.384. The highest BCUT2D eigenvalue weighted by atomic mass is 16.6. The van der Waals surface area contributed by atoms with Gasteiger partial charge in [-0.15, -0.1) is 0 Å². The number of nitro groups is 1. The smallest absolute Gasteiger partial charge is 0.270 e. The Bertz CT molecular complexity index is 1060. The van der Waals surface area contributed by atoms with Gasteiger partial charge in [0, 0.05) is 30.3 Å². The van der Waals surface area contributed by atoms with Crippen molar-refractivity contribution >= 4 is 34.0 Å². The van der Waals surface area contributed by atoms with E-state index in [0.29, 0.717) is 16.7 Å². The van der Waals surface area contributed by atoms with Gasteiger partial charge in [0.2, 0.25) is 5.91 Å². The Morgan fingerprint density at radius 1 is 1.11 bits per heavy atom. The van der Waals surface area contributed by atoms with E-state index in [-0.39, 0.29) is 18.1 Å². The van der Waals surface area contributed by atoms with Gasteiger partial charge in [-0.25, -0.2) is 4.98 Å². The number of likely N-dealkylation sites (N-methyl/N-ethyl adjacent to an activating group) is 1. The second-order valence-corrected chi connectivity index (χ2v) is 6.98. The van der Waals surface area contributed by atoms with Gasteiger partial charge in [0.05, 0.1) is 17.0 Å². The molecule has 144 valence electrons. The van der Waals surface area contributed by atoms with Crippen LogP contribution in [0.2, 0.25) is 0 Å². The standard InChI is InChI=1S/C21H22N4O3/c1-13-9-14(2)21(15(3)10-13)23-20(26)12-24(4)19-8-5-16-11-17(25(27)28)6-7-18(16)22-19/h5-11H,12H2,1-4H3,(H,23,26). The molecule has 0 unspecified atom stereocenters. The molecule has 0 bridgehead atoms. The molecule has 2 aromatic carbocycles. The van der Waals surface area contributed by atoms with Crippen molar-refractivity contribution in [3.8, 4) is 0 Å². The number of hydrogen-bond donors (Lipinski definition) is 1. The molecule has 1 heterocycles. The SMILES string of the molecule is Cc1cc(C)c(NC(=O)CN(C)c2ccc3cc([N+](=O)[O-])ccc3n2)c(C)c1.